The highest BCUT2D eigenvalue weighted by Gasteiger charge is 2.43. The SMILES string of the molecule is O=C([O-])c1ccc(N2C(=O)c3[nH]nc(-c4ccccc4)c3[C@@H]2c2ccc(F)cc2)cc1. The van der Waals surface area contributed by atoms with Crippen LogP contribution in [0.25, 0.3) is 11.3 Å². The van der Waals surface area contributed by atoms with Crippen LogP contribution in [-0.4, -0.2) is 22.1 Å². The quantitative estimate of drug-likeness (QED) is 0.557. The summed E-state index contributed by atoms with van der Waals surface area (Å²) in [4.78, 5) is 26.0. The van der Waals surface area contributed by atoms with E-state index in [0.29, 0.717) is 28.2 Å². The zero-order valence-corrected chi connectivity index (χ0v) is 16.1. The van der Waals surface area contributed by atoms with Crippen molar-refractivity contribution in [3.8, 4) is 11.3 Å². The maximum absolute atomic E-state index is 13.6. The molecule has 1 aromatic heterocycles. The molecule has 0 radical (unpaired) electrons. The summed E-state index contributed by atoms with van der Waals surface area (Å²) in [6.45, 7) is 0. The number of H-pyrrole nitrogens is 1. The number of aromatic amines is 1. The Kier molecular flexibility index (Phi) is 4.36. The van der Waals surface area contributed by atoms with E-state index in [0.717, 1.165) is 5.56 Å². The molecule has 0 aliphatic carbocycles. The highest BCUT2D eigenvalue weighted by Crippen LogP contribution is 2.44. The number of aromatic carboxylic acids is 1. The molecular weight excluding hydrogens is 397 g/mol. The van der Waals surface area contributed by atoms with Crippen LogP contribution in [0.2, 0.25) is 0 Å². The van der Waals surface area contributed by atoms with Crippen molar-refractivity contribution in [3.63, 3.8) is 0 Å². The molecule has 31 heavy (non-hydrogen) atoms. The number of rotatable bonds is 4. The third kappa shape index (κ3) is 3.07. The molecule has 0 unspecified atom stereocenters. The summed E-state index contributed by atoms with van der Waals surface area (Å²) in [5.74, 6) is -1.98. The number of hydrogen-bond acceptors (Lipinski definition) is 4. The van der Waals surface area contributed by atoms with Crippen LogP contribution in [0, 0.1) is 5.82 Å². The zero-order valence-electron chi connectivity index (χ0n) is 16.1. The Hall–Kier alpha value is -4.26. The van der Waals surface area contributed by atoms with E-state index in [1.807, 2.05) is 30.3 Å². The number of anilines is 1. The van der Waals surface area contributed by atoms with Crippen LogP contribution < -0.4 is 10.0 Å². The molecular formula is C24H15FN3O3-. The molecule has 0 saturated carbocycles. The molecule has 152 valence electrons. The largest absolute Gasteiger partial charge is 0.545 e. The summed E-state index contributed by atoms with van der Waals surface area (Å²) >= 11 is 0. The minimum Gasteiger partial charge on any atom is -0.545 e. The fraction of sp³-hybridized carbons (Fsp3) is 0.0417. The summed E-state index contributed by atoms with van der Waals surface area (Å²) in [5, 5.41) is 18.4. The topological polar surface area (TPSA) is 89.1 Å². The van der Waals surface area contributed by atoms with Crippen molar-refractivity contribution in [2.24, 2.45) is 0 Å². The molecule has 0 bridgehead atoms. The van der Waals surface area contributed by atoms with Gasteiger partial charge in [0.15, 0.2) is 0 Å². The second-order valence-electron chi connectivity index (χ2n) is 7.19. The normalized spacial score (nSPS) is 15.2. The fourth-order valence-corrected chi connectivity index (χ4v) is 3.95. The van der Waals surface area contributed by atoms with E-state index in [9.17, 15) is 19.1 Å². The predicted octanol–water partition coefficient (Wildman–Crippen LogP) is 3.33. The molecule has 1 atom stereocenters. The summed E-state index contributed by atoms with van der Waals surface area (Å²) in [6, 6.07) is 20.8. The van der Waals surface area contributed by atoms with Gasteiger partial charge in [0.1, 0.15) is 11.5 Å². The Balaban J connectivity index is 1.69. The Bertz CT molecular complexity index is 1280. The standard InChI is InChI=1S/C24H16FN3O3/c25-17-10-6-15(7-11-17)22-19-20(14-4-2-1-3-5-14)26-27-21(19)23(29)28(22)18-12-8-16(9-13-18)24(30)31/h1-13,22H,(H,26,27)(H,30,31)/p-1/t22-/m0/s1. The number of carboxylic acids is 1. The van der Waals surface area contributed by atoms with E-state index >= 15 is 0 Å². The average Bonchev–Trinajstić information content (AvgIpc) is 3.34. The van der Waals surface area contributed by atoms with E-state index in [4.69, 9.17) is 0 Å². The van der Waals surface area contributed by atoms with Crippen molar-refractivity contribution in [2.75, 3.05) is 4.90 Å². The monoisotopic (exact) mass is 412 g/mol. The minimum atomic E-state index is -1.30. The molecule has 1 aliphatic rings. The molecule has 2 heterocycles. The number of benzene rings is 3. The number of nitrogens with one attached hydrogen (secondary N) is 1. The van der Waals surface area contributed by atoms with Crippen LogP contribution in [0.5, 0.6) is 0 Å². The van der Waals surface area contributed by atoms with Crippen molar-refractivity contribution in [1.82, 2.24) is 10.2 Å². The highest BCUT2D eigenvalue weighted by molar-refractivity contribution is 6.11. The number of amides is 1. The molecule has 1 N–H and O–H groups in total. The first-order valence-electron chi connectivity index (χ1n) is 9.58. The minimum absolute atomic E-state index is 0.0129. The lowest BCUT2D eigenvalue weighted by Crippen LogP contribution is -2.29. The number of carboxylic acid groups (broad SMARTS) is 1. The third-order valence-electron chi connectivity index (χ3n) is 5.38. The average molecular weight is 412 g/mol. The Labute approximate surface area is 176 Å². The van der Waals surface area contributed by atoms with Gasteiger partial charge >= 0.3 is 0 Å². The molecule has 1 amide bonds. The molecule has 0 saturated heterocycles. The van der Waals surface area contributed by atoms with Crippen LogP contribution in [0.3, 0.4) is 0 Å². The molecule has 1 aliphatic heterocycles. The Morgan fingerprint density at radius 1 is 0.968 bits per heavy atom. The van der Waals surface area contributed by atoms with E-state index in [-0.39, 0.29) is 17.3 Å². The van der Waals surface area contributed by atoms with Crippen LogP contribution in [0.15, 0.2) is 78.9 Å². The van der Waals surface area contributed by atoms with Gasteiger partial charge in [-0.25, -0.2) is 4.39 Å². The van der Waals surface area contributed by atoms with Crippen LogP contribution in [0.1, 0.15) is 38.0 Å². The van der Waals surface area contributed by atoms with E-state index < -0.39 is 12.0 Å². The van der Waals surface area contributed by atoms with E-state index in [2.05, 4.69) is 10.2 Å². The first-order valence-corrected chi connectivity index (χ1v) is 9.58. The van der Waals surface area contributed by atoms with Crippen LogP contribution in [-0.2, 0) is 0 Å². The van der Waals surface area contributed by atoms with Gasteiger partial charge in [0.05, 0.1) is 17.7 Å². The van der Waals surface area contributed by atoms with Crippen molar-refractivity contribution >= 4 is 17.6 Å². The zero-order chi connectivity index (χ0) is 21.5. The number of nitrogens with zero attached hydrogens (tertiary/aromatic N) is 2. The van der Waals surface area contributed by atoms with E-state index in [1.54, 1.807) is 29.2 Å². The summed E-state index contributed by atoms with van der Waals surface area (Å²) < 4.78 is 13.6. The molecule has 3 aromatic carbocycles. The van der Waals surface area contributed by atoms with E-state index in [1.165, 1.54) is 24.3 Å². The first-order chi connectivity index (χ1) is 15.0. The van der Waals surface area contributed by atoms with Crippen LogP contribution in [0.4, 0.5) is 10.1 Å². The van der Waals surface area contributed by atoms with Gasteiger partial charge in [0.2, 0.25) is 0 Å². The number of aromatic nitrogens is 2. The molecule has 4 aromatic rings. The van der Waals surface area contributed by atoms with Gasteiger partial charge < -0.3 is 9.90 Å². The number of hydrogen-bond donors (Lipinski definition) is 1. The third-order valence-corrected chi connectivity index (χ3v) is 5.38. The van der Waals surface area contributed by atoms with Gasteiger partial charge in [-0.05, 0) is 35.4 Å². The Morgan fingerprint density at radius 2 is 1.65 bits per heavy atom. The van der Waals surface area contributed by atoms with Gasteiger partial charge in [-0.1, -0.05) is 54.6 Å². The lowest BCUT2D eigenvalue weighted by atomic mass is 9.96. The maximum atomic E-state index is 13.6. The van der Waals surface area contributed by atoms with Gasteiger partial charge in [-0.15, -0.1) is 0 Å². The van der Waals surface area contributed by atoms with Crippen molar-refractivity contribution in [2.45, 2.75) is 6.04 Å². The smallest absolute Gasteiger partial charge is 0.277 e. The van der Waals surface area contributed by atoms with Gasteiger partial charge in [-0.2, -0.15) is 5.10 Å². The van der Waals surface area contributed by atoms with Crippen molar-refractivity contribution < 1.29 is 19.1 Å². The van der Waals surface area contributed by atoms with Gasteiger partial charge in [0.25, 0.3) is 5.91 Å². The molecule has 5 rings (SSSR count). The highest BCUT2D eigenvalue weighted by atomic mass is 19.1. The molecule has 0 spiro atoms. The van der Waals surface area contributed by atoms with Gasteiger partial charge in [-0.3, -0.25) is 14.8 Å². The molecule has 7 heteroatoms. The summed E-state index contributed by atoms with van der Waals surface area (Å²) in [5.41, 5.74) is 3.73. The number of fused-ring (bicyclic) bond motifs is 1. The maximum Gasteiger partial charge on any atom is 0.277 e. The number of halogens is 1. The second kappa shape index (κ2) is 7.21. The number of carbonyl (C=O) groups is 2. The summed E-state index contributed by atoms with van der Waals surface area (Å²) in [6.07, 6.45) is 0. The molecule has 0 fully saturated rings. The number of carbonyl (C=O) groups excluding carboxylic acids is 2. The van der Waals surface area contributed by atoms with Crippen molar-refractivity contribution in [3.05, 3.63) is 107 Å². The molecule has 6 nitrogen and oxygen atoms in total. The summed E-state index contributed by atoms with van der Waals surface area (Å²) in [7, 11) is 0. The second-order valence-corrected chi connectivity index (χ2v) is 7.19. The lowest BCUT2D eigenvalue weighted by Gasteiger charge is -2.26. The fourth-order valence-electron chi connectivity index (χ4n) is 3.95. The first kappa shape index (κ1) is 18.7. The van der Waals surface area contributed by atoms with Gasteiger partial charge in [0, 0.05) is 16.8 Å². The van der Waals surface area contributed by atoms with Crippen LogP contribution >= 0.6 is 0 Å². The predicted molar refractivity (Wildman–Crippen MR) is 110 cm³/mol. The Morgan fingerprint density at radius 3 is 2.29 bits per heavy atom. The lowest BCUT2D eigenvalue weighted by molar-refractivity contribution is -0.255. The van der Waals surface area contributed by atoms with Crippen molar-refractivity contribution in [1.29, 1.82) is 0 Å².